The fourth-order valence-electron chi connectivity index (χ4n) is 3.89. The van der Waals surface area contributed by atoms with Crippen LogP contribution >= 0.6 is 0 Å². The van der Waals surface area contributed by atoms with Crippen molar-refractivity contribution in [2.75, 3.05) is 4.72 Å². The predicted octanol–water partition coefficient (Wildman–Crippen LogP) is 4.73. The average molecular weight is 482 g/mol. The molecule has 1 amide bonds. The maximum atomic E-state index is 15.5. The number of anilines is 1. The summed E-state index contributed by atoms with van der Waals surface area (Å²) >= 11 is 0. The van der Waals surface area contributed by atoms with Gasteiger partial charge >= 0.3 is 0 Å². The van der Waals surface area contributed by atoms with E-state index < -0.39 is 27.3 Å². The second-order valence-corrected chi connectivity index (χ2v) is 10.6. The number of allylic oxidation sites excluding steroid dienone is 1. The van der Waals surface area contributed by atoms with Gasteiger partial charge in [-0.3, -0.25) is 9.52 Å². The van der Waals surface area contributed by atoms with E-state index in [0.29, 0.717) is 32.9 Å². The molecule has 0 fully saturated rings. The molecule has 0 bridgehead atoms. The Morgan fingerprint density at radius 2 is 1.88 bits per heavy atom. The van der Waals surface area contributed by atoms with Gasteiger partial charge in [0.15, 0.2) is 0 Å². The maximum absolute atomic E-state index is 15.5. The summed E-state index contributed by atoms with van der Waals surface area (Å²) in [5, 5.41) is 11.4. The molecule has 0 aliphatic carbocycles. The Balaban J connectivity index is 2.03. The Kier molecular flexibility index (Phi) is 5.50. The third-order valence-electron chi connectivity index (χ3n) is 5.66. The molecular weight excluding hydrogens is 457 g/mol. The van der Waals surface area contributed by atoms with E-state index in [1.54, 1.807) is 50.2 Å². The molecule has 0 saturated heterocycles. The number of rotatable bonds is 6. The molecule has 0 aliphatic heterocycles. The van der Waals surface area contributed by atoms with Crippen LogP contribution in [0, 0.1) is 5.82 Å². The smallest absolute Gasteiger partial charge is 0.257 e. The van der Waals surface area contributed by atoms with Gasteiger partial charge in [0.25, 0.3) is 15.9 Å². The molecule has 0 saturated carbocycles. The minimum atomic E-state index is -3.79. The van der Waals surface area contributed by atoms with Crippen LogP contribution in [0.5, 0.6) is 0 Å². The predicted molar refractivity (Wildman–Crippen MR) is 132 cm³/mol. The summed E-state index contributed by atoms with van der Waals surface area (Å²) in [4.78, 5) is 15.2. The van der Waals surface area contributed by atoms with E-state index in [-0.39, 0.29) is 21.7 Å². The molecule has 0 unspecified atom stereocenters. The van der Waals surface area contributed by atoms with Crippen molar-refractivity contribution in [3.63, 3.8) is 0 Å². The van der Waals surface area contributed by atoms with Crippen LogP contribution in [0.15, 0.2) is 60.0 Å². The Hall–Kier alpha value is -3.69. The van der Waals surface area contributed by atoms with E-state index in [1.807, 2.05) is 0 Å². The second-order valence-electron chi connectivity index (χ2n) is 8.73. The molecule has 34 heavy (non-hydrogen) atoms. The fraction of sp³-hybridized carbons (Fsp3) is 0.160. The molecule has 7 nitrogen and oxygen atoms in total. The minimum Gasteiger partial charge on any atom is -0.386 e. The van der Waals surface area contributed by atoms with Crippen molar-refractivity contribution in [3.05, 3.63) is 77.0 Å². The number of carbonyl (C=O) groups is 1. The third kappa shape index (κ3) is 4.04. The number of amides is 1. The van der Waals surface area contributed by atoms with Crippen LogP contribution in [0.1, 0.15) is 36.7 Å². The first-order valence-corrected chi connectivity index (χ1v) is 11.9. The zero-order chi connectivity index (χ0) is 25.0. The highest BCUT2D eigenvalue weighted by atomic mass is 32.2. The summed E-state index contributed by atoms with van der Waals surface area (Å²) in [6, 6.07) is 12.6. The standard InChI is InChI=1S/C25H24FN3O4S/c1-13(2)34(32,33)29-16-7-5-6-14(10-16)21-19(26)12-18(24(27)30)23-22(21)17-9-8-15(25(3,4)31)11-20(17)28-23/h5-12,28-29,31H,1H2,2-4H3,(H2,27,30). The molecule has 0 radical (unpaired) electrons. The van der Waals surface area contributed by atoms with Crippen molar-refractivity contribution < 1.29 is 22.7 Å². The van der Waals surface area contributed by atoms with Crippen molar-refractivity contribution in [3.8, 4) is 11.1 Å². The van der Waals surface area contributed by atoms with Gasteiger partial charge < -0.3 is 15.8 Å². The molecule has 4 aromatic rings. The number of nitrogens with one attached hydrogen (secondary N) is 2. The number of hydrogen-bond acceptors (Lipinski definition) is 4. The number of aromatic nitrogens is 1. The van der Waals surface area contributed by atoms with E-state index >= 15 is 4.39 Å². The molecule has 4 rings (SSSR count). The summed E-state index contributed by atoms with van der Waals surface area (Å²) < 4.78 is 42.4. The molecular formula is C25H24FN3O4S. The molecule has 5 N–H and O–H groups in total. The molecule has 9 heteroatoms. The largest absolute Gasteiger partial charge is 0.386 e. The van der Waals surface area contributed by atoms with E-state index in [4.69, 9.17) is 5.73 Å². The van der Waals surface area contributed by atoms with Crippen LogP contribution in [0.25, 0.3) is 32.9 Å². The highest BCUT2D eigenvalue weighted by Gasteiger charge is 2.23. The maximum Gasteiger partial charge on any atom is 0.257 e. The topological polar surface area (TPSA) is 125 Å². The SMILES string of the molecule is C=C(C)S(=O)(=O)Nc1cccc(-c2c(F)cc(C(N)=O)c3[nH]c4cc(C(C)(C)O)ccc4c23)c1. The number of benzene rings is 3. The lowest BCUT2D eigenvalue weighted by Gasteiger charge is -2.17. The number of aliphatic hydroxyl groups is 1. The van der Waals surface area contributed by atoms with Crippen LogP contribution in [0.4, 0.5) is 10.1 Å². The number of nitrogens with two attached hydrogens (primary N) is 1. The van der Waals surface area contributed by atoms with Crippen LogP contribution in [-0.2, 0) is 15.6 Å². The lowest BCUT2D eigenvalue weighted by molar-refractivity contribution is 0.0787. The van der Waals surface area contributed by atoms with Gasteiger partial charge in [-0.15, -0.1) is 0 Å². The molecule has 176 valence electrons. The summed E-state index contributed by atoms with van der Waals surface area (Å²) in [6.45, 7) is 8.12. The molecule has 0 atom stereocenters. The number of halogens is 1. The van der Waals surface area contributed by atoms with E-state index in [2.05, 4.69) is 16.3 Å². The number of sulfonamides is 1. The van der Waals surface area contributed by atoms with Crippen LogP contribution in [0.3, 0.4) is 0 Å². The Morgan fingerprint density at radius 1 is 1.18 bits per heavy atom. The number of carbonyl (C=O) groups excluding carboxylic acids is 1. The van der Waals surface area contributed by atoms with Crippen molar-refractivity contribution in [2.45, 2.75) is 26.4 Å². The Morgan fingerprint density at radius 3 is 2.50 bits per heavy atom. The quantitative estimate of drug-likeness (QED) is 0.318. The molecule has 0 spiro atoms. The summed E-state index contributed by atoms with van der Waals surface area (Å²) in [7, 11) is -3.79. The average Bonchev–Trinajstić information content (AvgIpc) is 3.10. The van der Waals surface area contributed by atoms with Crippen molar-refractivity contribution in [2.24, 2.45) is 5.73 Å². The first-order chi connectivity index (χ1) is 15.8. The van der Waals surface area contributed by atoms with Gasteiger partial charge in [0.1, 0.15) is 5.82 Å². The molecule has 1 heterocycles. The van der Waals surface area contributed by atoms with Crippen LogP contribution in [-0.4, -0.2) is 24.4 Å². The second kappa shape index (κ2) is 7.96. The number of H-pyrrole nitrogens is 1. The summed E-state index contributed by atoms with van der Waals surface area (Å²) in [6.07, 6.45) is 0. The fourth-order valence-corrected chi connectivity index (χ4v) is 4.50. The summed E-state index contributed by atoms with van der Waals surface area (Å²) in [5.41, 5.74) is 6.77. The molecule has 0 aliphatic rings. The van der Waals surface area contributed by atoms with Crippen LogP contribution in [0.2, 0.25) is 0 Å². The normalized spacial score (nSPS) is 12.3. The first-order valence-electron chi connectivity index (χ1n) is 10.4. The van der Waals surface area contributed by atoms with Gasteiger partial charge in [-0.25, -0.2) is 12.8 Å². The number of hydrogen-bond donors (Lipinski definition) is 4. The third-order valence-corrected chi connectivity index (χ3v) is 7.08. The minimum absolute atomic E-state index is 0.0172. The lowest BCUT2D eigenvalue weighted by Crippen LogP contribution is -2.14. The zero-order valence-electron chi connectivity index (χ0n) is 18.9. The van der Waals surface area contributed by atoms with Gasteiger partial charge in [-0.05, 0) is 56.2 Å². The highest BCUT2D eigenvalue weighted by molar-refractivity contribution is 7.96. The van der Waals surface area contributed by atoms with E-state index in [9.17, 15) is 18.3 Å². The number of primary amides is 1. The van der Waals surface area contributed by atoms with Gasteiger partial charge in [-0.2, -0.15) is 0 Å². The number of aromatic amines is 1. The van der Waals surface area contributed by atoms with Gasteiger partial charge in [0.2, 0.25) is 0 Å². The van der Waals surface area contributed by atoms with E-state index in [0.717, 1.165) is 6.07 Å². The van der Waals surface area contributed by atoms with Gasteiger partial charge in [0, 0.05) is 27.5 Å². The van der Waals surface area contributed by atoms with E-state index in [1.165, 1.54) is 13.0 Å². The molecule has 3 aromatic carbocycles. The lowest BCUT2D eigenvalue weighted by atomic mass is 9.94. The number of fused-ring (bicyclic) bond motifs is 3. The summed E-state index contributed by atoms with van der Waals surface area (Å²) in [5.74, 6) is -1.48. The Labute approximate surface area is 196 Å². The molecule has 1 aromatic heterocycles. The van der Waals surface area contributed by atoms with Gasteiger partial charge in [-0.1, -0.05) is 30.8 Å². The highest BCUT2D eigenvalue weighted by Crippen LogP contribution is 2.40. The monoisotopic (exact) mass is 481 g/mol. The zero-order valence-corrected chi connectivity index (χ0v) is 19.7. The Bertz CT molecular complexity index is 1600. The van der Waals surface area contributed by atoms with Crippen molar-refractivity contribution >= 4 is 43.4 Å². The van der Waals surface area contributed by atoms with Crippen molar-refractivity contribution in [1.82, 2.24) is 4.98 Å². The van der Waals surface area contributed by atoms with Crippen molar-refractivity contribution in [1.29, 1.82) is 0 Å². The van der Waals surface area contributed by atoms with Gasteiger partial charge in [0.05, 0.1) is 21.6 Å². The first kappa shape index (κ1) is 23.5. The van der Waals surface area contributed by atoms with Crippen LogP contribution < -0.4 is 10.5 Å².